The summed E-state index contributed by atoms with van der Waals surface area (Å²) in [7, 11) is 0. The second-order valence-electron chi connectivity index (χ2n) is 5.59. The molecular weight excluding hydrogens is 290 g/mol. The van der Waals surface area contributed by atoms with Crippen molar-refractivity contribution in [3.63, 3.8) is 0 Å². The first-order valence-electron chi connectivity index (χ1n) is 7.60. The molecule has 0 radical (unpaired) electrons. The Bertz CT molecular complexity index is 1070. The summed E-state index contributed by atoms with van der Waals surface area (Å²) in [5, 5.41) is 1.99. The number of aromatic amines is 1. The van der Waals surface area contributed by atoms with E-state index >= 15 is 0 Å². The van der Waals surface area contributed by atoms with Crippen molar-refractivity contribution in [3.8, 4) is 0 Å². The molecule has 0 aliphatic heterocycles. The van der Waals surface area contributed by atoms with Crippen LogP contribution in [0.4, 0.5) is 5.69 Å². The van der Waals surface area contributed by atoms with Gasteiger partial charge in [0.1, 0.15) is 0 Å². The molecule has 0 atom stereocenters. The number of hydrogen-bond acceptors (Lipinski definition) is 3. The van der Waals surface area contributed by atoms with Gasteiger partial charge in [-0.05, 0) is 32.0 Å². The molecule has 0 aliphatic carbocycles. The van der Waals surface area contributed by atoms with Gasteiger partial charge >= 0.3 is 5.97 Å². The lowest BCUT2D eigenvalue weighted by Crippen LogP contribution is -2.05. The number of nitrogen functional groups attached to an aromatic ring is 1. The monoisotopic (exact) mass is 307 g/mol. The molecule has 0 fully saturated rings. The molecule has 0 spiro atoms. The molecule has 4 rings (SSSR count). The van der Waals surface area contributed by atoms with Crippen molar-refractivity contribution >= 4 is 39.0 Å². The highest BCUT2D eigenvalue weighted by molar-refractivity contribution is 6.17. The van der Waals surface area contributed by atoms with Crippen LogP contribution in [0, 0.1) is 6.92 Å². The van der Waals surface area contributed by atoms with Crippen LogP contribution in [-0.4, -0.2) is 22.0 Å². The Hall–Kier alpha value is -2.95. The molecule has 0 unspecified atom stereocenters. The van der Waals surface area contributed by atoms with Gasteiger partial charge in [-0.2, -0.15) is 0 Å². The number of ether oxygens (including phenoxy) is 1. The molecule has 0 bridgehead atoms. The summed E-state index contributed by atoms with van der Waals surface area (Å²) in [5.41, 5.74) is 11.3. The number of carbonyl (C=O) groups is 1. The second kappa shape index (κ2) is 4.78. The molecule has 0 saturated carbocycles. The first-order chi connectivity index (χ1) is 11.1. The van der Waals surface area contributed by atoms with Crippen molar-refractivity contribution in [2.75, 3.05) is 12.3 Å². The van der Waals surface area contributed by atoms with E-state index in [0.29, 0.717) is 17.9 Å². The van der Waals surface area contributed by atoms with Crippen LogP contribution in [-0.2, 0) is 4.74 Å². The van der Waals surface area contributed by atoms with Gasteiger partial charge in [0.05, 0.1) is 28.7 Å². The second-order valence-corrected chi connectivity index (χ2v) is 5.59. The molecule has 0 amide bonds. The maximum Gasteiger partial charge on any atom is 0.339 e. The summed E-state index contributed by atoms with van der Waals surface area (Å²) >= 11 is 0. The zero-order valence-corrected chi connectivity index (χ0v) is 13.0. The normalized spacial score (nSPS) is 11.6. The van der Waals surface area contributed by atoms with Crippen LogP contribution >= 0.6 is 0 Å². The maximum absolute atomic E-state index is 12.2. The van der Waals surface area contributed by atoms with E-state index in [1.54, 1.807) is 0 Å². The lowest BCUT2D eigenvalue weighted by Gasteiger charge is -2.09. The largest absolute Gasteiger partial charge is 0.462 e. The molecule has 4 aromatic rings. The zero-order valence-electron chi connectivity index (χ0n) is 13.0. The van der Waals surface area contributed by atoms with Crippen molar-refractivity contribution in [2.45, 2.75) is 13.8 Å². The van der Waals surface area contributed by atoms with Crippen LogP contribution in [0.2, 0.25) is 0 Å². The molecule has 3 N–H and O–H groups in total. The van der Waals surface area contributed by atoms with Crippen molar-refractivity contribution in [2.24, 2.45) is 0 Å². The number of pyridine rings is 1. The van der Waals surface area contributed by atoms with Crippen LogP contribution in [0.1, 0.15) is 23.0 Å². The Balaban J connectivity index is 2.23. The third-order valence-electron chi connectivity index (χ3n) is 4.33. The molecule has 23 heavy (non-hydrogen) atoms. The lowest BCUT2D eigenvalue weighted by atomic mass is 10.1. The van der Waals surface area contributed by atoms with Crippen LogP contribution < -0.4 is 5.73 Å². The Morgan fingerprint density at radius 3 is 2.91 bits per heavy atom. The van der Waals surface area contributed by atoms with E-state index in [2.05, 4.69) is 9.38 Å². The number of nitrogens with zero attached hydrogens (tertiary/aromatic N) is 1. The third-order valence-corrected chi connectivity index (χ3v) is 4.33. The number of nitrogens with two attached hydrogens (primary N) is 1. The van der Waals surface area contributed by atoms with E-state index in [0.717, 1.165) is 33.0 Å². The van der Waals surface area contributed by atoms with E-state index in [-0.39, 0.29) is 5.97 Å². The molecule has 0 saturated heterocycles. The van der Waals surface area contributed by atoms with Gasteiger partial charge in [-0.15, -0.1) is 0 Å². The highest BCUT2D eigenvalue weighted by Gasteiger charge is 2.19. The summed E-state index contributed by atoms with van der Waals surface area (Å²) in [5.74, 6) is -0.297. The van der Waals surface area contributed by atoms with E-state index in [9.17, 15) is 4.79 Å². The van der Waals surface area contributed by atoms with Gasteiger partial charge in [0.15, 0.2) is 0 Å². The number of nitrogens with one attached hydrogen (secondary N) is 1. The highest BCUT2D eigenvalue weighted by atomic mass is 16.5. The fourth-order valence-corrected chi connectivity index (χ4v) is 3.34. The van der Waals surface area contributed by atoms with E-state index in [1.807, 2.05) is 50.4 Å². The molecule has 0 aliphatic rings. The number of fused-ring (bicyclic) bond motifs is 6. The number of aromatic nitrogens is 2. The first-order valence-corrected chi connectivity index (χ1v) is 7.60. The average molecular weight is 307 g/mol. The minimum Gasteiger partial charge on any atom is -0.462 e. The molecule has 3 heterocycles. The predicted molar refractivity (Wildman–Crippen MR) is 91.9 cm³/mol. The average Bonchev–Trinajstić information content (AvgIpc) is 3.12. The molecular formula is C18H17N3O2. The fraction of sp³-hybridized carbons (Fsp3) is 0.167. The quantitative estimate of drug-likeness (QED) is 0.438. The van der Waals surface area contributed by atoms with Gasteiger partial charge < -0.3 is 19.9 Å². The Morgan fingerprint density at radius 2 is 2.13 bits per heavy atom. The lowest BCUT2D eigenvalue weighted by molar-refractivity contribution is 0.0525. The molecule has 5 nitrogen and oxygen atoms in total. The number of anilines is 1. The first kappa shape index (κ1) is 13.7. The Labute approximate surface area is 132 Å². The zero-order chi connectivity index (χ0) is 16.1. The van der Waals surface area contributed by atoms with Gasteiger partial charge in [0.25, 0.3) is 0 Å². The summed E-state index contributed by atoms with van der Waals surface area (Å²) < 4.78 is 7.27. The maximum atomic E-state index is 12.2. The van der Waals surface area contributed by atoms with Gasteiger partial charge in [0.2, 0.25) is 0 Å². The number of aryl methyl sites for hydroxylation is 1. The van der Waals surface area contributed by atoms with Crippen LogP contribution in [0.15, 0.2) is 36.5 Å². The van der Waals surface area contributed by atoms with Crippen molar-refractivity contribution in [1.29, 1.82) is 0 Å². The number of hydrogen-bond donors (Lipinski definition) is 2. The van der Waals surface area contributed by atoms with E-state index in [4.69, 9.17) is 10.5 Å². The molecule has 3 aromatic heterocycles. The predicted octanol–water partition coefficient (Wildman–Crippen LogP) is 3.64. The summed E-state index contributed by atoms with van der Waals surface area (Å²) in [6.07, 6.45) is 1.89. The number of carbonyl (C=O) groups excluding carboxylic acids is 1. The molecule has 1 aromatic carbocycles. The third kappa shape index (κ3) is 1.76. The van der Waals surface area contributed by atoms with Crippen LogP contribution in [0.5, 0.6) is 0 Å². The fourth-order valence-electron chi connectivity index (χ4n) is 3.34. The number of H-pyrrole nitrogens is 1. The summed E-state index contributed by atoms with van der Waals surface area (Å²) in [6.45, 7) is 4.10. The van der Waals surface area contributed by atoms with Gasteiger partial charge in [-0.25, -0.2) is 4.79 Å². The Kier molecular flexibility index (Phi) is 2.84. The van der Waals surface area contributed by atoms with Gasteiger partial charge in [-0.1, -0.05) is 12.1 Å². The topological polar surface area (TPSA) is 72.5 Å². The number of benzene rings is 1. The number of rotatable bonds is 2. The van der Waals surface area contributed by atoms with E-state index in [1.165, 1.54) is 0 Å². The van der Waals surface area contributed by atoms with Crippen molar-refractivity contribution < 1.29 is 9.53 Å². The SMILES string of the molecule is CCOC(=O)c1cc2c3cccc(N)c3c3[nH]ccc3n2c1C. The minimum absolute atomic E-state index is 0.297. The van der Waals surface area contributed by atoms with Crippen LogP contribution in [0.3, 0.4) is 0 Å². The standard InChI is InChI=1S/C18H17N3O2/c1-3-23-18(22)12-9-15-11-5-4-6-13(19)16(11)17-14(7-8-20-17)21(15)10(12)2/h4-9,20H,3,19H2,1-2H3. The molecule has 5 heteroatoms. The highest BCUT2D eigenvalue weighted by Crippen LogP contribution is 2.35. The summed E-state index contributed by atoms with van der Waals surface area (Å²) in [6, 6.07) is 9.73. The minimum atomic E-state index is -0.297. The van der Waals surface area contributed by atoms with Crippen molar-refractivity contribution in [3.05, 3.63) is 47.8 Å². The van der Waals surface area contributed by atoms with Gasteiger partial charge in [-0.3, -0.25) is 0 Å². The van der Waals surface area contributed by atoms with Gasteiger partial charge in [0, 0.05) is 28.4 Å². The summed E-state index contributed by atoms with van der Waals surface area (Å²) in [4.78, 5) is 15.5. The Morgan fingerprint density at radius 1 is 1.30 bits per heavy atom. The molecule has 116 valence electrons. The number of esters is 1. The van der Waals surface area contributed by atoms with E-state index < -0.39 is 0 Å². The van der Waals surface area contributed by atoms with Crippen LogP contribution in [0.25, 0.3) is 27.3 Å². The van der Waals surface area contributed by atoms with Crippen molar-refractivity contribution in [1.82, 2.24) is 9.38 Å². The smallest absolute Gasteiger partial charge is 0.339 e.